The molecule has 0 spiro atoms. The number of nitrogens with zero attached hydrogens (tertiary/aromatic N) is 3. The second-order valence-electron chi connectivity index (χ2n) is 3.11. The van der Waals surface area contributed by atoms with E-state index in [1.807, 2.05) is 18.5 Å². The smallest absolute Gasteiger partial charge is 0.116 e. The molecule has 0 amide bonds. The summed E-state index contributed by atoms with van der Waals surface area (Å²) in [4.78, 5) is 8.15. The number of hydrogen-bond acceptors (Lipinski definition) is 2. The second kappa shape index (κ2) is 2.59. The zero-order valence-electron chi connectivity index (χ0n) is 7.23. The van der Waals surface area contributed by atoms with Crippen LogP contribution in [0.1, 0.15) is 19.9 Å². The van der Waals surface area contributed by atoms with Crippen molar-refractivity contribution in [2.75, 3.05) is 0 Å². The molecule has 62 valence electrons. The first kappa shape index (κ1) is 7.28. The largest absolute Gasteiger partial charge is 0.342 e. The van der Waals surface area contributed by atoms with E-state index < -0.39 is 0 Å². The molecule has 0 N–H and O–H groups in total. The number of hydrogen-bond donors (Lipinski definition) is 0. The Kier molecular flexibility index (Phi) is 1.57. The van der Waals surface area contributed by atoms with Crippen molar-refractivity contribution in [3.8, 4) is 0 Å². The standard InChI is InChI=1S/C9H11N3/c1-7(2)12-4-3-8-9(12)5-10-6-11-8/h3-7H,1-2H3. The average molecular weight is 161 g/mol. The molecule has 0 aliphatic carbocycles. The molecule has 3 nitrogen and oxygen atoms in total. The zero-order chi connectivity index (χ0) is 8.55. The van der Waals surface area contributed by atoms with E-state index >= 15 is 0 Å². The lowest BCUT2D eigenvalue weighted by atomic mass is 10.4. The van der Waals surface area contributed by atoms with Crippen molar-refractivity contribution in [3.63, 3.8) is 0 Å². The van der Waals surface area contributed by atoms with Crippen LogP contribution in [0.4, 0.5) is 0 Å². The van der Waals surface area contributed by atoms with Crippen molar-refractivity contribution < 1.29 is 0 Å². The highest BCUT2D eigenvalue weighted by Gasteiger charge is 2.03. The van der Waals surface area contributed by atoms with Gasteiger partial charge in [-0.15, -0.1) is 0 Å². The Morgan fingerprint density at radius 2 is 2.25 bits per heavy atom. The summed E-state index contributed by atoms with van der Waals surface area (Å²) in [6.07, 6.45) is 5.47. The van der Waals surface area contributed by atoms with Crippen LogP contribution < -0.4 is 0 Å². The minimum atomic E-state index is 0.466. The van der Waals surface area contributed by atoms with Crippen LogP contribution in [0.5, 0.6) is 0 Å². The first-order valence-corrected chi connectivity index (χ1v) is 4.05. The predicted octanol–water partition coefficient (Wildman–Crippen LogP) is 2.01. The van der Waals surface area contributed by atoms with Gasteiger partial charge in [-0.3, -0.25) is 0 Å². The summed E-state index contributed by atoms with van der Waals surface area (Å²) in [5, 5.41) is 0. The molecule has 12 heavy (non-hydrogen) atoms. The quantitative estimate of drug-likeness (QED) is 0.640. The first-order chi connectivity index (χ1) is 5.79. The molecule has 0 bridgehead atoms. The second-order valence-corrected chi connectivity index (χ2v) is 3.11. The maximum absolute atomic E-state index is 4.15. The molecule has 0 aliphatic rings. The van der Waals surface area contributed by atoms with Gasteiger partial charge in [0.05, 0.1) is 17.2 Å². The van der Waals surface area contributed by atoms with Gasteiger partial charge in [0, 0.05) is 12.2 Å². The molecule has 2 rings (SSSR count). The van der Waals surface area contributed by atoms with Crippen LogP contribution in [0, 0.1) is 0 Å². The summed E-state index contributed by atoms with van der Waals surface area (Å²) >= 11 is 0. The van der Waals surface area contributed by atoms with Gasteiger partial charge in [-0.1, -0.05) is 0 Å². The van der Waals surface area contributed by atoms with Crippen molar-refractivity contribution >= 4 is 11.0 Å². The molecule has 0 aliphatic heterocycles. The van der Waals surface area contributed by atoms with Gasteiger partial charge in [-0.05, 0) is 19.9 Å². The lowest BCUT2D eigenvalue weighted by molar-refractivity contribution is 0.622. The van der Waals surface area contributed by atoms with Gasteiger partial charge >= 0.3 is 0 Å². The van der Waals surface area contributed by atoms with Gasteiger partial charge in [0.15, 0.2) is 0 Å². The van der Waals surface area contributed by atoms with Crippen molar-refractivity contribution in [2.24, 2.45) is 0 Å². The van der Waals surface area contributed by atoms with Crippen LogP contribution in [0.15, 0.2) is 24.8 Å². The molecule has 3 heteroatoms. The topological polar surface area (TPSA) is 30.7 Å². The summed E-state index contributed by atoms with van der Waals surface area (Å²) in [5.41, 5.74) is 2.12. The molecule has 0 saturated heterocycles. The Morgan fingerprint density at radius 3 is 3.00 bits per heavy atom. The molecule has 2 heterocycles. The maximum atomic E-state index is 4.15. The highest BCUT2D eigenvalue weighted by molar-refractivity contribution is 5.74. The third kappa shape index (κ3) is 0.978. The molecule has 0 unspecified atom stereocenters. The summed E-state index contributed by atoms with van der Waals surface area (Å²) in [5.74, 6) is 0. The van der Waals surface area contributed by atoms with Crippen LogP contribution in [-0.4, -0.2) is 14.5 Å². The summed E-state index contributed by atoms with van der Waals surface area (Å²) in [6.45, 7) is 4.29. The van der Waals surface area contributed by atoms with Crippen LogP contribution in [0.3, 0.4) is 0 Å². The number of fused-ring (bicyclic) bond motifs is 1. The Hall–Kier alpha value is -1.38. The fourth-order valence-corrected chi connectivity index (χ4v) is 1.34. The average Bonchev–Trinajstić information content (AvgIpc) is 2.47. The van der Waals surface area contributed by atoms with Crippen LogP contribution in [-0.2, 0) is 0 Å². The first-order valence-electron chi connectivity index (χ1n) is 4.05. The van der Waals surface area contributed by atoms with E-state index in [1.54, 1.807) is 6.33 Å². The molecule has 0 radical (unpaired) electrons. The van der Waals surface area contributed by atoms with Crippen molar-refractivity contribution in [1.29, 1.82) is 0 Å². The van der Waals surface area contributed by atoms with E-state index in [4.69, 9.17) is 0 Å². The number of rotatable bonds is 1. The zero-order valence-corrected chi connectivity index (χ0v) is 7.23. The van der Waals surface area contributed by atoms with E-state index in [0.29, 0.717) is 6.04 Å². The highest BCUT2D eigenvalue weighted by Crippen LogP contribution is 2.15. The molecule has 0 saturated carbocycles. The van der Waals surface area contributed by atoms with E-state index in [-0.39, 0.29) is 0 Å². The molecule has 0 aromatic carbocycles. The van der Waals surface area contributed by atoms with E-state index in [0.717, 1.165) is 11.0 Å². The Balaban J connectivity index is 2.70. The monoisotopic (exact) mass is 161 g/mol. The summed E-state index contributed by atoms with van der Waals surface area (Å²) in [6, 6.07) is 2.48. The number of aromatic nitrogens is 3. The van der Waals surface area contributed by atoms with Crippen LogP contribution >= 0.6 is 0 Å². The molecular formula is C9H11N3. The van der Waals surface area contributed by atoms with Crippen LogP contribution in [0.2, 0.25) is 0 Å². The lowest BCUT2D eigenvalue weighted by Gasteiger charge is -2.07. The van der Waals surface area contributed by atoms with Crippen molar-refractivity contribution in [3.05, 3.63) is 24.8 Å². The highest BCUT2D eigenvalue weighted by atomic mass is 15.0. The van der Waals surface area contributed by atoms with E-state index in [1.165, 1.54) is 0 Å². The van der Waals surface area contributed by atoms with Gasteiger partial charge in [-0.2, -0.15) is 0 Å². The normalized spacial score (nSPS) is 11.2. The summed E-state index contributed by atoms with van der Waals surface area (Å²) < 4.78 is 2.16. The molecule has 0 fully saturated rings. The minimum Gasteiger partial charge on any atom is -0.342 e. The Morgan fingerprint density at radius 1 is 1.42 bits per heavy atom. The Labute approximate surface area is 71.1 Å². The van der Waals surface area contributed by atoms with Crippen molar-refractivity contribution in [2.45, 2.75) is 19.9 Å². The lowest BCUT2D eigenvalue weighted by Crippen LogP contribution is -1.98. The molecule has 2 aromatic rings. The van der Waals surface area contributed by atoms with Crippen molar-refractivity contribution in [1.82, 2.24) is 14.5 Å². The van der Waals surface area contributed by atoms with Gasteiger partial charge in [-0.25, -0.2) is 9.97 Å². The predicted molar refractivity (Wildman–Crippen MR) is 47.9 cm³/mol. The van der Waals surface area contributed by atoms with Gasteiger partial charge in [0.1, 0.15) is 6.33 Å². The fourth-order valence-electron chi connectivity index (χ4n) is 1.34. The van der Waals surface area contributed by atoms with E-state index in [2.05, 4.69) is 28.4 Å². The van der Waals surface area contributed by atoms with Gasteiger partial charge in [0.25, 0.3) is 0 Å². The van der Waals surface area contributed by atoms with E-state index in [9.17, 15) is 0 Å². The molecule has 2 aromatic heterocycles. The maximum Gasteiger partial charge on any atom is 0.116 e. The Bertz CT molecular complexity index is 389. The SMILES string of the molecule is CC(C)n1ccc2ncncc21. The van der Waals surface area contributed by atoms with Gasteiger partial charge in [0.2, 0.25) is 0 Å². The van der Waals surface area contributed by atoms with Gasteiger partial charge < -0.3 is 4.57 Å². The summed E-state index contributed by atoms with van der Waals surface area (Å²) in [7, 11) is 0. The minimum absolute atomic E-state index is 0.466. The molecule has 0 atom stereocenters. The third-order valence-corrected chi connectivity index (χ3v) is 1.95. The fraction of sp³-hybridized carbons (Fsp3) is 0.333. The third-order valence-electron chi connectivity index (χ3n) is 1.95. The molecular weight excluding hydrogens is 150 g/mol. The van der Waals surface area contributed by atoms with Crippen LogP contribution in [0.25, 0.3) is 11.0 Å².